The maximum Gasteiger partial charge on any atom is 0.410 e. The molecule has 2 N–H and O–H groups in total. The van der Waals surface area contributed by atoms with Crippen molar-refractivity contribution in [1.82, 2.24) is 0 Å². The van der Waals surface area contributed by atoms with E-state index in [0.29, 0.717) is 19.1 Å². The van der Waals surface area contributed by atoms with Gasteiger partial charge in [0.2, 0.25) is 0 Å². The van der Waals surface area contributed by atoms with Gasteiger partial charge in [-0.2, -0.15) is 13.2 Å². The van der Waals surface area contributed by atoms with Gasteiger partial charge in [-0.15, -0.1) is 0 Å². The molecule has 0 aliphatic carbocycles. The van der Waals surface area contributed by atoms with E-state index in [1.54, 1.807) is 0 Å². The number of alkyl halides is 3. The Morgan fingerprint density at radius 1 is 1.13 bits per heavy atom. The first-order chi connectivity index (χ1) is 6.66. The maximum absolute atomic E-state index is 13.0. The van der Waals surface area contributed by atoms with E-state index < -0.39 is 28.9 Å². The van der Waals surface area contributed by atoms with Gasteiger partial charge in [-0.25, -0.2) is 8.78 Å². The van der Waals surface area contributed by atoms with Gasteiger partial charge in [0, 0.05) is 5.56 Å². The fraction of sp³-hybridized carbons (Fsp3) is 0.333. The first-order valence-corrected chi connectivity index (χ1v) is 3.97. The van der Waals surface area contributed by atoms with Crippen molar-refractivity contribution in [2.24, 2.45) is 5.73 Å². The number of rotatable bonds is 1. The molecule has 0 radical (unpaired) electrons. The molecule has 1 aromatic rings. The zero-order valence-corrected chi connectivity index (χ0v) is 7.70. The van der Waals surface area contributed by atoms with E-state index in [1.807, 2.05) is 0 Å². The van der Waals surface area contributed by atoms with Crippen LogP contribution in [0.4, 0.5) is 22.0 Å². The highest BCUT2D eigenvalue weighted by Gasteiger charge is 2.50. The molecule has 0 amide bonds. The van der Waals surface area contributed by atoms with E-state index in [2.05, 4.69) is 0 Å². The minimum Gasteiger partial charge on any atom is -0.314 e. The van der Waals surface area contributed by atoms with Gasteiger partial charge >= 0.3 is 6.18 Å². The predicted octanol–water partition coefficient (Wildman–Crippen LogP) is 2.70. The Bertz CT molecular complexity index is 369. The van der Waals surface area contributed by atoms with Gasteiger partial charge in [0.1, 0.15) is 17.2 Å². The molecule has 6 heteroatoms. The van der Waals surface area contributed by atoms with Crippen molar-refractivity contribution >= 4 is 0 Å². The Kier molecular flexibility index (Phi) is 2.73. The lowest BCUT2D eigenvalue weighted by Gasteiger charge is -2.28. The number of halogens is 5. The Morgan fingerprint density at radius 2 is 1.67 bits per heavy atom. The van der Waals surface area contributed by atoms with Gasteiger partial charge in [0.25, 0.3) is 0 Å². The molecule has 1 rings (SSSR count). The molecule has 1 atom stereocenters. The van der Waals surface area contributed by atoms with Gasteiger partial charge in [-0.3, -0.25) is 0 Å². The Balaban J connectivity index is 3.32. The van der Waals surface area contributed by atoms with Crippen molar-refractivity contribution in [3.05, 3.63) is 35.4 Å². The zero-order valence-electron chi connectivity index (χ0n) is 7.70. The summed E-state index contributed by atoms with van der Waals surface area (Å²) in [6.07, 6.45) is -4.85. The first-order valence-electron chi connectivity index (χ1n) is 3.97. The summed E-state index contributed by atoms with van der Waals surface area (Å²) in [5, 5.41) is 0. The highest BCUT2D eigenvalue weighted by Crippen LogP contribution is 2.37. The number of hydrogen-bond acceptors (Lipinski definition) is 1. The van der Waals surface area contributed by atoms with E-state index in [1.165, 1.54) is 0 Å². The van der Waals surface area contributed by atoms with Gasteiger partial charge in [-0.1, -0.05) is 0 Å². The summed E-state index contributed by atoms with van der Waals surface area (Å²) in [6.45, 7) is 0.588. The molecule has 0 spiro atoms. The van der Waals surface area contributed by atoms with Crippen LogP contribution in [0.2, 0.25) is 0 Å². The van der Waals surface area contributed by atoms with Crippen molar-refractivity contribution < 1.29 is 22.0 Å². The maximum atomic E-state index is 13.0. The summed E-state index contributed by atoms with van der Waals surface area (Å²) in [6, 6.07) is 1.79. The van der Waals surface area contributed by atoms with Crippen molar-refractivity contribution in [2.45, 2.75) is 18.6 Å². The molecule has 0 aromatic heterocycles. The molecule has 0 heterocycles. The fourth-order valence-corrected chi connectivity index (χ4v) is 1.05. The molecule has 1 nitrogen and oxygen atoms in total. The second-order valence-corrected chi connectivity index (χ2v) is 3.32. The molecule has 1 aromatic carbocycles. The molecule has 0 aliphatic heterocycles. The summed E-state index contributed by atoms with van der Waals surface area (Å²) < 4.78 is 63.0. The van der Waals surface area contributed by atoms with Gasteiger partial charge < -0.3 is 5.73 Å². The molecule has 15 heavy (non-hydrogen) atoms. The molecular formula is C9H8F5N. The summed E-state index contributed by atoms with van der Waals surface area (Å²) in [5.41, 5.74) is 1.14. The molecule has 0 bridgehead atoms. The fourth-order valence-electron chi connectivity index (χ4n) is 1.05. The van der Waals surface area contributed by atoms with Crippen LogP contribution in [-0.4, -0.2) is 6.18 Å². The Hall–Kier alpha value is -1.17. The van der Waals surface area contributed by atoms with Crippen molar-refractivity contribution in [3.63, 3.8) is 0 Å². The molecular weight excluding hydrogens is 217 g/mol. The van der Waals surface area contributed by atoms with E-state index >= 15 is 0 Å². The predicted molar refractivity (Wildman–Crippen MR) is 44.0 cm³/mol. The second kappa shape index (κ2) is 3.44. The molecule has 1 unspecified atom stereocenters. The minimum absolute atomic E-state index is 0.447. The van der Waals surface area contributed by atoms with Crippen molar-refractivity contribution in [3.8, 4) is 0 Å². The quantitative estimate of drug-likeness (QED) is 0.730. The van der Waals surface area contributed by atoms with E-state index in [9.17, 15) is 22.0 Å². The summed E-state index contributed by atoms with van der Waals surface area (Å²) in [5.74, 6) is -2.15. The average Bonchev–Trinajstić information content (AvgIpc) is 2.07. The van der Waals surface area contributed by atoms with Crippen LogP contribution >= 0.6 is 0 Å². The van der Waals surface area contributed by atoms with Crippen LogP contribution in [0.1, 0.15) is 12.5 Å². The summed E-state index contributed by atoms with van der Waals surface area (Å²) >= 11 is 0. The highest BCUT2D eigenvalue weighted by atomic mass is 19.4. The van der Waals surface area contributed by atoms with E-state index in [4.69, 9.17) is 5.73 Å². The van der Waals surface area contributed by atoms with Crippen LogP contribution in [0.25, 0.3) is 0 Å². The number of hydrogen-bond donors (Lipinski definition) is 1. The molecule has 0 saturated carbocycles. The molecule has 0 saturated heterocycles. The lowest BCUT2D eigenvalue weighted by Crippen LogP contribution is -2.48. The van der Waals surface area contributed by atoms with Crippen LogP contribution in [0.3, 0.4) is 0 Å². The van der Waals surface area contributed by atoms with Crippen molar-refractivity contribution in [1.29, 1.82) is 0 Å². The van der Waals surface area contributed by atoms with Gasteiger partial charge in [0.15, 0.2) is 0 Å². The van der Waals surface area contributed by atoms with E-state index in [0.717, 1.165) is 6.07 Å². The topological polar surface area (TPSA) is 26.0 Å². The molecule has 0 fully saturated rings. The lowest BCUT2D eigenvalue weighted by atomic mass is 9.92. The van der Waals surface area contributed by atoms with Crippen LogP contribution in [-0.2, 0) is 5.54 Å². The second-order valence-electron chi connectivity index (χ2n) is 3.32. The van der Waals surface area contributed by atoms with E-state index in [-0.39, 0.29) is 0 Å². The smallest absolute Gasteiger partial charge is 0.314 e. The lowest BCUT2D eigenvalue weighted by molar-refractivity contribution is -0.184. The zero-order chi connectivity index (χ0) is 11.9. The summed E-state index contributed by atoms with van der Waals surface area (Å²) in [7, 11) is 0. The van der Waals surface area contributed by atoms with Crippen LogP contribution < -0.4 is 5.73 Å². The van der Waals surface area contributed by atoms with Crippen LogP contribution in [0, 0.1) is 11.6 Å². The van der Waals surface area contributed by atoms with Crippen molar-refractivity contribution in [2.75, 3.05) is 0 Å². The summed E-state index contributed by atoms with van der Waals surface area (Å²) in [4.78, 5) is 0. The largest absolute Gasteiger partial charge is 0.410 e. The van der Waals surface area contributed by atoms with Gasteiger partial charge in [-0.05, 0) is 25.1 Å². The molecule has 0 aliphatic rings. The normalized spacial score (nSPS) is 16.2. The van der Waals surface area contributed by atoms with Gasteiger partial charge in [0.05, 0.1) is 0 Å². The van der Waals surface area contributed by atoms with Crippen LogP contribution in [0.5, 0.6) is 0 Å². The Labute approximate surface area is 82.7 Å². The first kappa shape index (κ1) is 11.9. The molecule has 84 valence electrons. The SMILES string of the molecule is CC(N)(c1cc(F)ccc1F)C(F)(F)F. The monoisotopic (exact) mass is 225 g/mol. The van der Waals surface area contributed by atoms with Crippen LogP contribution in [0.15, 0.2) is 18.2 Å². The highest BCUT2D eigenvalue weighted by molar-refractivity contribution is 5.27. The third kappa shape index (κ3) is 2.09. The Morgan fingerprint density at radius 3 is 2.13 bits per heavy atom. The minimum atomic E-state index is -4.85. The average molecular weight is 225 g/mol. The number of benzene rings is 1. The number of nitrogens with two attached hydrogens (primary N) is 1. The third-order valence-electron chi connectivity index (χ3n) is 2.08. The third-order valence-corrected chi connectivity index (χ3v) is 2.08. The standard InChI is InChI=1S/C9H8F5N/c1-8(15,9(12,13)14)6-4-5(10)2-3-7(6)11/h2-4H,15H2,1H3.